The van der Waals surface area contributed by atoms with Crippen molar-refractivity contribution < 1.29 is 19.1 Å². The van der Waals surface area contributed by atoms with Gasteiger partial charge in [0, 0.05) is 25.0 Å². The molecule has 0 unspecified atom stereocenters. The zero-order chi connectivity index (χ0) is 26.1. The van der Waals surface area contributed by atoms with Gasteiger partial charge >= 0.3 is 6.09 Å². The maximum absolute atomic E-state index is 13.0. The van der Waals surface area contributed by atoms with E-state index in [9.17, 15) is 14.3 Å². The summed E-state index contributed by atoms with van der Waals surface area (Å²) >= 11 is 0. The van der Waals surface area contributed by atoms with Gasteiger partial charge in [-0.25, -0.2) is 9.18 Å². The van der Waals surface area contributed by atoms with E-state index in [1.54, 1.807) is 0 Å². The molecule has 4 aliphatic rings. The average Bonchev–Trinajstić information content (AvgIpc) is 3.19. The van der Waals surface area contributed by atoms with E-state index >= 15 is 0 Å². The molecule has 206 valence electrons. The van der Waals surface area contributed by atoms with Gasteiger partial charge in [0.15, 0.2) is 0 Å². The summed E-state index contributed by atoms with van der Waals surface area (Å²) in [6.45, 7) is 11.5. The molecule has 4 saturated carbocycles. The highest BCUT2D eigenvalue weighted by atomic mass is 19.1. The summed E-state index contributed by atoms with van der Waals surface area (Å²) in [6, 6.07) is 0.307. The van der Waals surface area contributed by atoms with E-state index < -0.39 is 12.8 Å². The van der Waals surface area contributed by atoms with Crippen molar-refractivity contribution >= 4 is 11.8 Å². The predicted octanol–water partition coefficient (Wildman–Crippen LogP) is 5.79. The molecule has 0 spiro atoms. The van der Waals surface area contributed by atoms with Crippen LogP contribution in [0.25, 0.3) is 0 Å². The van der Waals surface area contributed by atoms with E-state index in [0.717, 1.165) is 36.8 Å². The van der Waals surface area contributed by atoms with Gasteiger partial charge < -0.3 is 15.3 Å². The summed E-state index contributed by atoms with van der Waals surface area (Å²) in [5.74, 6) is 3.22. The Bertz CT molecular complexity index is 807. The van der Waals surface area contributed by atoms with E-state index in [4.69, 9.17) is 4.84 Å². The molecule has 6 nitrogen and oxygen atoms in total. The molecule has 4 aliphatic carbocycles. The molecule has 0 aromatic rings. The number of carbonyl (C=O) groups is 1. The molecular weight excluding hydrogens is 457 g/mol. The Labute approximate surface area is 217 Å². The lowest BCUT2D eigenvalue weighted by atomic mass is 9.44. The molecule has 0 radical (unpaired) electrons. The van der Waals surface area contributed by atoms with Crippen LogP contribution in [0.2, 0.25) is 0 Å². The third kappa shape index (κ3) is 5.34. The van der Waals surface area contributed by atoms with Gasteiger partial charge in [0.1, 0.15) is 6.67 Å². The van der Waals surface area contributed by atoms with Crippen LogP contribution < -0.4 is 5.32 Å². The van der Waals surface area contributed by atoms with Gasteiger partial charge in [-0.05, 0) is 99.2 Å². The fraction of sp³-hybridized carbons (Fsp3) is 0.931. The minimum absolute atomic E-state index is 0.0241. The number of amides is 1. The molecule has 2 N–H and O–H groups in total. The second kappa shape index (κ2) is 11.3. The number of aliphatic hydroxyl groups excluding tert-OH is 1. The molecule has 0 aliphatic heterocycles. The summed E-state index contributed by atoms with van der Waals surface area (Å²) in [7, 11) is 0. The summed E-state index contributed by atoms with van der Waals surface area (Å²) in [5.41, 5.74) is 1.48. The first kappa shape index (κ1) is 27.8. The number of nitrogens with one attached hydrogen (secondary N) is 1. The SMILES string of the molecule is C/C(=N\OC(=O)N(CCF)CCNC(C)C)[C@H]1CC[C@H]2[C@@H]3CC[C@H]4C[C@@H](O)CC[C@]4(C)[C@H]3CC[C@]12C. The molecule has 0 bridgehead atoms. The van der Waals surface area contributed by atoms with E-state index in [1.165, 1.54) is 43.4 Å². The van der Waals surface area contributed by atoms with E-state index in [0.29, 0.717) is 42.3 Å². The average molecular weight is 508 g/mol. The van der Waals surface area contributed by atoms with Crippen molar-refractivity contribution in [3.05, 3.63) is 0 Å². The number of nitrogens with zero attached hydrogens (tertiary/aromatic N) is 2. The van der Waals surface area contributed by atoms with Crippen LogP contribution >= 0.6 is 0 Å². The molecule has 0 saturated heterocycles. The highest BCUT2D eigenvalue weighted by Crippen LogP contribution is 2.67. The van der Waals surface area contributed by atoms with Crippen LogP contribution in [0, 0.1) is 40.4 Å². The van der Waals surface area contributed by atoms with Crippen molar-refractivity contribution in [2.45, 2.75) is 105 Å². The predicted molar refractivity (Wildman–Crippen MR) is 142 cm³/mol. The van der Waals surface area contributed by atoms with Crippen LogP contribution in [0.3, 0.4) is 0 Å². The molecule has 4 rings (SSSR count). The van der Waals surface area contributed by atoms with Crippen molar-refractivity contribution in [2.75, 3.05) is 26.3 Å². The number of hydrogen-bond acceptors (Lipinski definition) is 5. The molecule has 4 fully saturated rings. The Kier molecular flexibility index (Phi) is 8.70. The molecule has 7 heteroatoms. The molecule has 0 aromatic carbocycles. The summed E-state index contributed by atoms with van der Waals surface area (Å²) < 4.78 is 13.0. The van der Waals surface area contributed by atoms with Crippen molar-refractivity contribution in [2.24, 2.45) is 45.6 Å². The summed E-state index contributed by atoms with van der Waals surface area (Å²) in [4.78, 5) is 19.4. The monoisotopic (exact) mass is 507 g/mol. The number of fused-ring (bicyclic) bond motifs is 5. The normalized spacial score (nSPS) is 40.4. The van der Waals surface area contributed by atoms with E-state index in [1.807, 2.05) is 20.8 Å². The minimum atomic E-state index is -0.594. The van der Waals surface area contributed by atoms with Crippen LogP contribution in [0.1, 0.15) is 92.4 Å². The van der Waals surface area contributed by atoms with Gasteiger partial charge in [0.2, 0.25) is 0 Å². The summed E-state index contributed by atoms with van der Waals surface area (Å²) in [6.07, 6.45) is 9.80. The van der Waals surface area contributed by atoms with Gasteiger partial charge in [0.25, 0.3) is 0 Å². The lowest BCUT2D eigenvalue weighted by Crippen LogP contribution is -2.54. The second-order valence-electron chi connectivity index (χ2n) is 13.1. The van der Waals surface area contributed by atoms with Crippen LogP contribution in [0.4, 0.5) is 9.18 Å². The third-order valence-corrected chi connectivity index (χ3v) is 11.0. The molecule has 8 atom stereocenters. The van der Waals surface area contributed by atoms with E-state index in [-0.39, 0.29) is 18.1 Å². The zero-order valence-electron chi connectivity index (χ0n) is 23.3. The molecule has 36 heavy (non-hydrogen) atoms. The lowest BCUT2D eigenvalue weighted by Gasteiger charge is -2.61. The van der Waals surface area contributed by atoms with Gasteiger partial charge in [-0.2, -0.15) is 0 Å². The largest absolute Gasteiger partial charge is 0.436 e. The van der Waals surface area contributed by atoms with E-state index in [2.05, 4.69) is 24.3 Å². The third-order valence-electron chi connectivity index (χ3n) is 11.0. The second-order valence-corrected chi connectivity index (χ2v) is 13.1. The fourth-order valence-electron chi connectivity index (χ4n) is 9.04. The number of halogens is 1. The highest BCUT2D eigenvalue weighted by molar-refractivity contribution is 5.85. The number of carbonyl (C=O) groups excluding carboxylic acids is 1. The first-order valence-corrected chi connectivity index (χ1v) is 14.6. The first-order valence-electron chi connectivity index (χ1n) is 14.6. The van der Waals surface area contributed by atoms with Crippen molar-refractivity contribution in [3.63, 3.8) is 0 Å². The number of rotatable bonds is 8. The van der Waals surface area contributed by atoms with Crippen LogP contribution in [-0.4, -0.2) is 60.3 Å². The van der Waals surface area contributed by atoms with Crippen LogP contribution in [-0.2, 0) is 4.84 Å². The zero-order valence-corrected chi connectivity index (χ0v) is 23.3. The minimum Gasteiger partial charge on any atom is -0.393 e. The molecule has 0 heterocycles. The van der Waals surface area contributed by atoms with Crippen molar-refractivity contribution in [1.29, 1.82) is 0 Å². The first-order chi connectivity index (χ1) is 17.1. The number of oxime groups is 1. The Morgan fingerprint density at radius 2 is 1.81 bits per heavy atom. The number of aliphatic hydroxyl groups is 1. The van der Waals surface area contributed by atoms with Crippen LogP contribution in [0.5, 0.6) is 0 Å². The Balaban J connectivity index is 1.40. The Hall–Kier alpha value is -1.21. The molecule has 1 amide bonds. The van der Waals surface area contributed by atoms with Gasteiger partial charge in [0.05, 0.1) is 18.4 Å². The van der Waals surface area contributed by atoms with Gasteiger partial charge in [-0.15, -0.1) is 0 Å². The standard InChI is InChI=1S/C29H50FN3O3/c1-19(2)31-15-17-33(16-14-30)27(35)36-32-20(3)24-8-9-25-23-7-6-21-18-22(34)10-12-28(21,4)26(23)11-13-29(24,25)5/h19,21-26,31,34H,6-18H2,1-5H3/b32-20+/t21-,22-,23-,24+,25-,26-,28-,29+/m0/s1. The number of alkyl halides is 1. The lowest BCUT2D eigenvalue weighted by molar-refractivity contribution is -0.123. The Morgan fingerprint density at radius 3 is 2.53 bits per heavy atom. The van der Waals surface area contributed by atoms with Gasteiger partial charge in [-0.3, -0.25) is 4.84 Å². The maximum atomic E-state index is 13.0. The number of hydrogen-bond donors (Lipinski definition) is 2. The van der Waals surface area contributed by atoms with Crippen molar-refractivity contribution in [3.8, 4) is 0 Å². The smallest absolute Gasteiger partial charge is 0.393 e. The molecular formula is C29H50FN3O3. The summed E-state index contributed by atoms with van der Waals surface area (Å²) in [5, 5.41) is 17.9. The maximum Gasteiger partial charge on any atom is 0.436 e. The Morgan fingerprint density at radius 1 is 1.08 bits per heavy atom. The van der Waals surface area contributed by atoms with Crippen LogP contribution in [0.15, 0.2) is 5.16 Å². The quantitative estimate of drug-likeness (QED) is 0.248. The molecule has 0 aromatic heterocycles. The topological polar surface area (TPSA) is 74.2 Å². The fourth-order valence-corrected chi connectivity index (χ4v) is 9.04. The highest BCUT2D eigenvalue weighted by Gasteiger charge is 2.60. The van der Waals surface area contributed by atoms with Gasteiger partial charge in [-0.1, -0.05) is 32.9 Å². The van der Waals surface area contributed by atoms with Crippen molar-refractivity contribution in [1.82, 2.24) is 10.2 Å².